The zero-order chi connectivity index (χ0) is 15.0. The molecule has 2 N–H and O–H groups in total. The highest BCUT2D eigenvalue weighted by Gasteiger charge is 2.38. The van der Waals surface area contributed by atoms with E-state index < -0.39 is 0 Å². The molecule has 0 bridgehead atoms. The van der Waals surface area contributed by atoms with Crippen molar-refractivity contribution in [1.82, 2.24) is 4.90 Å². The maximum Gasteiger partial charge on any atom is 0.226 e. The first-order chi connectivity index (χ1) is 10.1. The summed E-state index contributed by atoms with van der Waals surface area (Å²) < 4.78 is 0. The van der Waals surface area contributed by atoms with Crippen LogP contribution in [0.3, 0.4) is 0 Å². The Morgan fingerprint density at radius 1 is 1.24 bits per heavy atom. The quantitative estimate of drug-likeness (QED) is 0.908. The van der Waals surface area contributed by atoms with Gasteiger partial charge in [-0.1, -0.05) is 24.3 Å². The number of nitrogens with zero attached hydrogens (tertiary/aromatic N) is 1. The maximum absolute atomic E-state index is 12.7. The molecule has 3 rings (SSSR count). The van der Waals surface area contributed by atoms with Crippen LogP contribution in [0, 0.1) is 12.8 Å². The Hall–Kier alpha value is -1.35. The van der Waals surface area contributed by atoms with E-state index >= 15 is 0 Å². The number of carbonyl (C=O) groups is 1. The molecule has 0 aromatic heterocycles. The lowest BCUT2D eigenvalue weighted by Crippen LogP contribution is -2.38. The van der Waals surface area contributed by atoms with E-state index in [-0.39, 0.29) is 12.0 Å². The summed E-state index contributed by atoms with van der Waals surface area (Å²) in [6.07, 6.45) is 3.92. The average Bonchev–Trinajstić information content (AvgIpc) is 3.05. The van der Waals surface area contributed by atoms with Gasteiger partial charge in [0.15, 0.2) is 0 Å². The van der Waals surface area contributed by atoms with Gasteiger partial charge in [0.25, 0.3) is 0 Å². The number of rotatable bonds is 2. The Labute approximate surface area is 127 Å². The average molecular weight is 286 g/mol. The first-order valence-corrected chi connectivity index (χ1v) is 8.18. The summed E-state index contributed by atoms with van der Waals surface area (Å²) in [5, 5.41) is 0. The van der Waals surface area contributed by atoms with Crippen molar-refractivity contribution in [1.29, 1.82) is 0 Å². The predicted octanol–water partition coefficient (Wildman–Crippen LogP) is 2.83. The number of aryl methyl sites for hydroxylation is 1. The molecular formula is C18H26N2O. The number of likely N-dealkylation sites (tertiary alicyclic amines) is 1. The zero-order valence-electron chi connectivity index (χ0n) is 13.1. The van der Waals surface area contributed by atoms with Crippen molar-refractivity contribution in [2.24, 2.45) is 11.7 Å². The van der Waals surface area contributed by atoms with Crippen LogP contribution in [0.2, 0.25) is 0 Å². The Bertz CT molecular complexity index is 528. The van der Waals surface area contributed by atoms with Gasteiger partial charge in [-0.15, -0.1) is 0 Å². The van der Waals surface area contributed by atoms with Crippen molar-refractivity contribution in [2.45, 2.75) is 57.5 Å². The van der Waals surface area contributed by atoms with E-state index in [2.05, 4.69) is 43.0 Å². The third kappa shape index (κ3) is 2.84. The van der Waals surface area contributed by atoms with E-state index in [4.69, 9.17) is 5.73 Å². The second kappa shape index (κ2) is 5.80. The molecule has 1 saturated heterocycles. The molecule has 1 aromatic carbocycles. The Morgan fingerprint density at radius 2 is 2.00 bits per heavy atom. The van der Waals surface area contributed by atoms with Gasteiger partial charge in [-0.3, -0.25) is 4.79 Å². The van der Waals surface area contributed by atoms with E-state index in [1.165, 1.54) is 11.1 Å². The molecule has 1 aliphatic carbocycles. The van der Waals surface area contributed by atoms with E-state index in [1.54, 1.807) is 0 Å². The van der Waals surface area contributed by atoms with E-state index in [0.29, 0.717) is 17.9 Å². The number of amides is 1. The molecule has 1 aromatic rings. The van der Waals surface area contributed by atoms with Crippen LogP contribution in [-0.2, 0) is 4.79 Å². The number of benzene rings is 1. The minimum atomic E-state index is 0.165. The molecule has 114 valence electrons. The zero-order valence-corrected chi connectivity index (χ0v) is 13.1. The van der Waals surface area contributed by atoms with E-state index in [9.17, 15) is 4.79 Å². The molecule has 0 radical (unpaired) electrons. The Kier molecular flexibility index (Phi) is 4.03. The van der Waals surface area contributed by atoms with Crippen molar-refractivity contribution < 1.29 is 4.79 Å². The van der Waals surface area contributed by atoms with Gasteiger partial charge in [-0.2, -0.15) is 0 Å². The number of hydrogen-bond donors (Lipinski definition) is 1. The van der Waals surface area contributed by atoms with Crippen LogP contribution in [0.4, 0.5) is 0 Å². The first kappa shape index (κ1) is 14.6. The fraction of sp³-hybridized carbons (Fsp3) is 0.611. The fourth-order valence-electron chi connectivity index (χ4n) is 4.08. The highest BCUT2D eigenvalue weighted by molar-refractivity contribution is 5.80. The van der Waals surface area contributed by atoms with Crippen LogP contribution in [0.25, 0.3) is 0 Å². The third-order valence-corrected chi connectivity index (χ3v) is 5.31. The fourth-order valence-corrected chi connectivity index (χ4v) is 4.08. The van der Waals surface area contributed by atoms with Gasteiger partial charge in [0.1, 0.15) is 0 Å². The Morgan fingerprint density at radius 3 is 2.67 bits per heavy atom. The predicted molar refractivity (Wildman–Crippen MR) is 85.0 cm³/mol. The molecule has 1 amide bonds. The lowest BCUT2D eigenvalue weighted by molar-refractivity contribution is -0.135. The van der Waals surface area contributed by atoms with Gasteiger partial charge in [0.05, 0.1) is 0 Å². The van der Waals surface area contributed by atoms with Gasteiger partial charge >= 0.3 is 0 Å². The monoisotopic (exact) mass is 286 g/mol. The topological polar surface area (TPSA) is 46.3 Å². The molecule has 4 atom stereocenters. The molecule has 0 unspecified atom stereocenters. The van der Waals surface area contributed by atoms with Crippen LogP contribution < -0.4 is 5.73 Å². The molecule has 21 heavy (non-hydrogen) atoms. The van der Waals surface area contributed by atoms with Crippen LogP contribution in [0.5, 0.6) is 0 Å². The second-order valence-electron chi connectivity index (χ2n) is 6.90. The Balaban J connectivity index is 1.71. The van der Waals surface area contributed by atoms with Crippen molar-refractivity contribution in [2.75, 3.05) is 6.54 Å². The van der Waals surface area contributed by atoms with Crippen molar-refractivity contribution in [3.63, 3.8) is 0 Å². The molecule has 1 heterocycles. The smallest absolute Gasteiger partial charge is 0.226 e. The lowest BCUT2D eigenvalue weighted by Gasteiger charge is -2.25. The van der Waals surface area contributed by atoms with Crippen molar-refractivity contribution >= 4 is 5.91 Å². The van der Waals surface area contributed by atoms with Crippen LogP contribution >= 0.6 is 0 Å². The summed E-state index contributed by atoms with van der Waals surface area (Å²) in [4.78, 5) is 14.8. The number of nitrogens with two attached hydrogens (primary N) is 1. The molecule has 2 fully saturated rings. The third-order valence-electron chi connectivity index (χ3n) is 5.31. The second-order valence-corrected chi connectivity index (χ2v) is 6.90. The van der Waals surface area contributed by atoms with Crippen LogP contribution in [-0.4, -0.2) is 29.4 Å². The summed E-state index contributed by atoms with van der Waals surface area (Å²) >= 11 is 0. The minimum Gasteiger partial charge on any atom is -0.339 e. The normalized spacial score (nSPS) is 32.6. The van der Waals surface area contributed by atoms with Crippen LogP contribution in [0.15, 0.2) is 24.3 Å². The summed E-state index contributed by atoms with van der Waals surface area (Å²) in [5.74, 6) is 0.991. The van der Waals surface area contributed by atoms with Crippen LogP contribution in [0.1, 0.15) is 49.7 Å². The van der Waals surface area contributed by atoms with Gasteiger partial charge in [-0.25, -0.2) is 0 Å². The standard InChI is InChI=1S/C18H26N2O/c1-12-5-3-4-6-17(12)15-9-13(2)20(11-15)18(21)14-7-8-16(19)10-14/h3-6,13-16H,7-11,19H2,1-2H3/t13-,14-,15+,16-/m0/s1. The van der Waals surface area contributed by atoms with Crippen molar-refractivity contribution in [3.8, 4) is 0 Å². The summed E-state index contributed by atoms with van der Waals surface area (Å²) in [5.41, 5.74) is 8.71. The molecule has 1 saturated carbocycles. The highest BCUT2D eigenvalue weighted by Crippen LogP contribution is 2.36. The number of carbonyl (C=O) groups excluding carboxylic acids is 1. The highest BCUT2D eigenvalue weighted by atomic mass is 16.2. The van der Waals surface area contributed by atoms with Gasteiger partial charge < -0.3 is 10.6 Å². The molecule has 2 aliphatic rings. The molecular weight excluding hydrogens is 260 g/mol. The number of hydrogen-bond acceptors (Lipinski definition) is 2. The first-order valence-electron chi connectivity index (χ1n) is 8.18. The maximum atomic E-state index is 12.7. The molecule has 1 aliphatic heterocycles. The summed E-state index contributed by atoms with van der Waals surface area (Å²) in [6, 6.07) is 9.14. The SMILES string of the molecule is Cc1ccccc1[C@@H]1C[C@H](C)N(C(=O)[C@H]2CC[C@H](N)C2)C1. The van der Waals surface area contributed by atoms with Crippen molar-refractivity contribution in [3.05, 3.63) is 35.4 Å². The van der Waals surface area contributed by atoms with Gasteiger partial charge in [-0.05, 0) is 50.7 Å². The molecule has 3 nitrogen and oxygen atoms in total. The molecule has 3 heteroatoms. The lowest BCUT2D eigenvalue weighted by atomic mass is 9.93. The molecule has 0 spiro atoms. The summed E-state index contributed by atoms with van der Waals surface area (Å²) in [6.45, 7) is 5.22. The summed E-state index contributed by atoms with van der Waals surface area (Å²) in [7, 11) is 0. The van der Waals surface area contributed by atoms with Gasteiger partial charge in [0, 0.05) is 30.5 Å². The van der Waals surface area contributed by atoms with E-state index in [1.807, 2.05) is 0 Å². The van der Waals surface area contributed by atoms with E-state index in [0.717, 1.165) is 32.2 Å². The van der Waals surface area contributed by atoms with Gasteiger partial charge in [0.2, 0.25) is 5.91 Å². The largest absolute Gasteiger partial charge is 0.339 e. The minimum absolute atomic E-state index is 0.165.